The number of nitrogens with zero attached hydrogens (tertiary/aromatic N) is 2. The lowest BCUT2D eigenvalue weighted by molar-refractivity contribution is 1.19. The van der Waals surface area contributed by atoms with E-state index in [2.05, 4.69) is 123 Å². The van der Waals surface area contributed by atoms with Gasteiger partial charge in [-0.1, -0.05) is 123 Å². The van der Waals surface area contributed by atoms with Gasteiger partial charge in [-0.25, -0.2) is 0 Å². The Hall–Kier alpha value is -6.00. The summed E-state index contributed by atoms with van der Waals surface area (Å²) < 4.78 is 0. The summed E-state index contributed by atoms with van der Waals surface area (Å²) in [6, 6.07) is 25.3. The monoisotopic (exact) mass is 628 g/mol. The lowest BCUT2D eigenvalue weighted by Crippen LogP contribution is -2.18. The van der Waals surface area contributed by atoms with Gasteiger partial charge in [0, 0.05) is 53.4 Å². The summed E-state index contributed by atoms with van der Waals surface area (Å²) in [5, 5.41) is 10.1. The molecular formula is C44H44N4. The maximum absolute atomic E-state index is 7.72. The van der Waals surface area contributed by atoms with E-state index in [1.165, 1.54) is 17.0 Å². The van der Waals surface area contributed by atoms with Gasteiger partial charge >= 0.3 is 0 Å². The lowest BCUT2D eigenvalue weighted by Gasteiger charge is -2.28. The molecule has 1 aromatic heterocycles. The van der Waals surface area contributed by atoms with Crippen molar-refractivity contribution in [3.63, 3.8) is 0 Å². The van der Waals surface area contributed by atoms with Gasteiger partial charge in [-0.2, -0.15) is 0 Å². The minimum atomic E-state index is 0.705. The lowest BCUT2D eigenvalue weighted by atomic mass is 9.93. The Labute approximate surface area is 285 Å². The Morgan fingerprint density at radius 1 is 0.875 bits per heavy atom. The first-order valence-electron chi connectivity index (χ1n) is 15.9. The largest absolute Gasteiger partial charge is 0.404 e. The van der Waals surface area contributed by atoms with Crippen molar-refractivity contribution in [2.24, 2.45) is 5.73 Å². The number of hydrogen-bond acceptors (Lipinski definition) is 4. The average molecular weight is 629 g/mol. The second-order valence-electron chi connectivity index (χ2n) is 11.3. The quantitative estimate of drug-likeness (QED) is 0.114. The molecule has 0 atom stereocenters. The van der Waals surface area contributed by atoms with Crippen molar-refractivity contribution >= 4 is 40.0 Å². The van der Waals surface area contributed by atoms with Crippen LogP contribution in [0, 0.1) is 5.41 Å². The average Bonchev–Trinajstić information content (AvgIpc) is 3.13. The summed E-state index contributed by atoms with van der Waals surface area (Å²) in [4.78, 5) is 6.91. The third kappa shape index (κ3) is 7.68. The fourth-order valence-electron chi connectivity index (χ4n) is 5.69. The van der Waals surface area contributed by atoms with Gasteiger partial charge in [-0.3, -0.25) is 4.98 Å². The molecule has 0 saturated carbocycles. The molecule has 4 heteroatoms. The third-order valence-electron chi connectivity index (χ3n) is 8.37. The van der Waals surface area contributed by atoms with E-state index in [1.54, 1.807) is 18.4 Å². The van der Waals surface area contributed by atoms with Crippen LogP contribution in [-0.4, -0.2) is 18.2 Å². The van der Waals surface area contributed by atoms with E-state index < -0.39 is 0 Å². The Kier molecular flexibility index (Phi) is 12.0. The van der Waals surface area contributed by atoms with Crippen LogP contribution < -0.4 is 10.6 Å². The minimum Gasteiger partial charge on any atom is -0.404 e. The second kappa shape index (κ2) is 16.5. The molecule has 1 heterocycles. The third-order valence-corrected chi connectivity index (χ3v) is 8.37. The molecule has 0 bridgehead atoms. The summed E-state index contributed by atoms with van der Waals surface area (Å²) in [7, 11) is 2.13. The molecule has 3 N–H and O–H groups in total. The fraction of sp³-hybridized carbons (Fsp3) is 0.0909. The highest BCUT2D eigenvalue weighted by atomic mass is 15.1. The number of allylic oxidation sites excluding steroid dienone is 12. The molecule has 3 aromatic carbocycles. The zero-order chi connectivity index (χ0) is 34.6. The number of fused-ring (bicyclic) bond motifs is 1. The Balaban J connectivity index is 1.91. The first kappa shape index (κ1) is 34.9. The van der Waals surface area contributed by atoms with Crippen LogP contribution in [0.15, 0.2) is 170 Å². The van der Waals surface area contributed by atoms with Crippen molar-refractivity contribution in [2.75, 3.05) is 11.9 Å². The van der Waals surface area contributed by atoms with Crippen LogP contribution in [0.25, 0.3) is 39.2 Å². The van der Waals surface area contributed by atoms with Gasteiger partial charge in [0.05, 0.1) is 11.4 Å². The van der Waals surface area contributed by atoms with Crippen molar-refractivity contribution in [1.82, 2.24) is 4.98 Å². The van der Waals surface area contributed by atoms with Gasteiger partial charge in [0.1, 0.15) is 0 Å². The fourth-order valence-corrected chi connectivity index (χ4v) is 5.69. The molecule has 0 spiro atoms. The molecule has 4 nitrogen and oxygen atoms in total. The number of benzene rings is 3. The van der Waals surface area contributed by atoms with Gasteiger partial charge in [-0.15, -0.1) is 0 Å². The first-order valence-corrected chi connectivity index (χ1v) is 15.9. The van der Waals surface area contributed by atoms with E-state index in [4.69, 9.17) is 11.1 Å². The predicted molar refractivity (Wildman–Crippen MR) is 211 cm³/mol. The van der Waals surface area contributed by atoms with Crippen LogP contribution in [0.2, 0.25) is 0 Å². The number of nitrogens with one attached hydrogen (secondary N) is 1. The number of hydrogen-bond donors (Lipinski definition) is 2. The Morgan fingerprint density at radius 2 is 1.62 bits per heavy atom. The van der Waals surface area contributed by atoms with Crippen LogP contribution in [0.1, 0.15) is 37.6 Å². The molecule has 0 amide bonds. The molecule has 0 saturated heterocycles. The minimum absolute atomic E-state index is 0.705. The van der Waals surface area contributed by atoms with Crippen LogP contribution in [-0.2, 0) is 0 Å². The van der Waals surface area contributed by atoms with Gasteiger partial charge in [-0.05, 0) is 77.8 Å². The normalized spacial score (nSPS) is 13.3. The van der Waals surface area contributed by atoms with Crippen molar-refractivity contribution in [3.8, 4) is 11.1 Å². The van der Waals surface area contributed by atoms with E-state index in [0.29, 0.717) is 5.57 Å². The standard InChI is InChI=1S/C44H44N4/c1-8-15-37(28-45)33(10-3)22-21-31(5)32(6)44(48(7)43-20-14-18-35-17-12-13-19-40(35)43)41-25-23-36(27-34(41)11-4)39-24-26-42(47-30-39)38(29-46)16-9-2/h8-30,46H,2-4,45H2,1,5-7H3/b15-8-,31-21+,33-22+,37-28+,38-16+,44-32-,46-29?. The highest BCUT2D eigenvalue weighted by Crippen LogP contribution is 2.37. The zero-order valence-corrected chi connectivity index (χ0v) is 28.4. The zero-order valence-electron chi connectivity index (χ0n) is 28.4. The predicted octanol–water partition coefficient (Wildman–Crippen LogP) is 11.1. The molecule has 0 aliphatic rings. The number of aromatic nitrogens is 1. The number of anilines is 1. The van der Waals surface area contributed by atoms with Gasteiger partial charge in [0.2, 0.25) is 0 Å². The smallest absolute Gasteiger partial charge is 0.0717 e. The molecule has 4 aromatic rings. The van der Waals surface area contributed by atoms with Crippen LogP contribution in [0.3, 0.4) is 0 Å². The maximum Gasteiger partial charge on any atom is 0.0717 e. The molecule has 0 unspecified atom stereocenters. The maximum atomic E-state index is 7.72. The number of rotatable bonds is 13. The van der Waals surface area contributed by atoms with E-state index in [1.807, 2.05) is 49.6 Å². The highest BCUT2D eigenvalue weighted by Gasteiger charge is 2.19. The first-order chi connectivity index (χ1) is 23.3. The molecule has 0 aliphatic carbocycles. The van der Waals surface area contributed by atoms with Crippen molar-refractivity contribution < 1.29 is 0 Å². The van der Waals surface area contributed by atoms with Gasteiger partial charge < -0.3 is 16.0 Å². The summed E-state index contributed by atoms with van der Waals surface area (Å²) in [5.74, 6) is 0. The highest BCUT2D eigenvalue weighted by molar-refractivity contribution is 6.08. The van der Waals surface area contributed by atoms with Crippen LogP contribution >= 0.6 is 0 Å². The van der Waals surface area contributed by atoms with Gasteiger partial charge in [0.25, 0.3) is 0 Å². The molecule has 0 aliphatic heterocycles. The van der Waals surface area contributed by atoms with Crippen molar-refractivity contribution in [1.29, 1.82) is 5.41 Å². The summed E-state index contributed by atoms with van der Waals surface area (Å²) >= 11 is 0. The Bertz CT molecular complexity index is 2020. The summed E-state index contributed by atoms with van der Waals surface area (Å²) in [5.41, 5.74) is 17.7. The van der Waals surface area contributed by atoms with Crippen molar-refractivity contribution in [3.05, 3.63) is 187 Å². The SMILES string of the molecule is C=C/C=C(\C=N)c1ccc(-c2ccc(/C(=C(C)/C(C)=C/C=C(C=C)/C(/C=C\C)=C/N)N(C)c3cccc4ccccc34)c(C=C)c2)cn1. The number of pyridine rings is 1. The molecule has 4 rings (SSSR count). The summed E-state index contributed by atoms with van der Waals surface area (Å²) in [6.45, 7) is 18.2. The van der Waals surface area contributed by atoms with Crippen LogP contribution in [0.5, 0.6) is 0 Å². The van der Waals surface area contributed by atoms with E-state index >= 15 is 0 Å². The molecule has 0 fully saturated rings. The molecule has 240 valence electrons. The van der Waals surface area contributed by atoms with Crippen LogP contribution in [0.4, 0.5) is 5.69 Å². The Morgan fingerprint density at radius 3 is 2.27 bits per heavy atom. The summed E-state index contributed by atoms with van der Waals surface area (Å²) in [6.07, 6.45) is 20.0. The molecular weight excluding hydrogens is 585 g/mol. The van der Waals surface area contributed by atoms with E-state index in [0.717, 1.165) is 61.6 Å². The van der Waals surface area contributed by atoms with E-state index in [9.17, 15) is 0 Å². The van der Waals surface area contributed by atoms with Gasteiger partial charge in [0.15, 0.2) is 0 Å². The van der Waals surface area contributed by atoms with E-state index in [-0.39, 0.29) is 0 Å². The second-order valence-corrected chi connectivity index (χ2v) is 11.3. The molecule has 48 heavy (non-hydrogen) atoms. The topological polar surface area (TPSA) is 66.0 Å². The molecule has 0 radical (unpaired) electrons. The van der Waals surface area contributed by atoms with Crippen molar-refractivity contribution in [2.45, 2.75) is 20.8 Å². The number of nitrogens with two attached hydrogens (primary N) is 1.